The molecule has 1 unspecified atom stereocenters. The van der Waals surface area contributed by atoms with E-state index in [1.165, 1.54) is 6.07 Å². The van der Waals surface area contributed by atoms with Crippen molar-refractivity contribution in [1.29, 1.82) is 0 Å². The lowest BCUT2D eigenvalue weighted by atomic mass is 10.1. The summed E-state index contributed by atoms with van der Waals surface area (Å²) in [5.74, 6) is -0.770. The predicted molar refractivity (Wildman–Crippen MR) is 79.3 cm³/mol. The summed E-state index contributed by atoms with van der Waals surface area (Å²) < 4.78 is 13.7. The Hall–Kier alpha value is -2.37. The van der Waals surface area contributed by atoms with E-state index < -0.39 is 11.9 Å². The maximum Gasteiger partial charge on any atom is 0.274 e. The van der Waals surface area contributed by atoms with Crippen LogP contribution in [0.1, 0.15) is 48.1 Å². The van der Waals surface area contributed by atoms with Gasteiger partial charge in [0.1, 0.15) is 5.82 Å². The van der Waals surface area contributed by atoms with Crippen LogP contribution in [0.5, 0.6) is 0 Å². The molecular formula is C15H19FN4O. The first-order valence-corrected chi connectivity index (χ1v) is 6.92. The molecule has 0 saturated heterocycles. The first-order valence-electron chi connectivity index (χ1n) is 6.92. The van der Waals surface area contributed by atoms with E-state index in [9.17, 15) is 9.18 Å². The van der Waals surface area contributed by atoms with Gasteiger partial charge in [-0.05, 0) is 19.4 Å². The van der Waals surface area contributed by atoms with Gasteiger partial charge >= 0.3 is 0 Å². The van der Waals surface area contributed by atoms with Crippen molar-refractivity contribution in [3.05, 3.63) is 47.0 Å². The Morgan fingerprint density at radius 1 is 1.48 bits per heavy atom. The second-order valence-corrected chi connectivity index (χ2v) is 4.93. The standard InChI is InChI=1S/C15H19FN4O/c1-3-6-12-13(17)14(20-19-12)15(21)18-9(2)10-7-4-5-8-11(10)16/h4-5,7-9H,3,6,17H2,1-2H3,(H,18,21)(H,19,20). The number of aromatic nitrogens is 2. The van der Waals surface area contributed by atoms with Crippen LogP contribution in [0.4, 0.5) is 10.1 Å². The highest BCUT2D eigenvalue weighted by Gasteiger charge is 2.20. The van der Waals surface area contributed by atoms with Crippen molar-refractivity contribution in [2.45, 2.75) is 32.7 Å². The van der Waals surface area contributed by atoms with Gasteiger partial charge in [-0.15, -0.1) is 0 Å². The third-order valence-corrected chi connectivity index (χ3v) is 3.32. The SMILES string of the molecule is CCCc1[nH]nc(C(=O)NC(C)c2ccccc2F)c1N. The minimum absolute atomic E-state index is 0.154. The number of amides is 1. The average Bonchev–Trinajstić information content (AvgIpc) is 2.81. The van der Waals surface area contributed by atoms with Crippen molar-refractivity contribution in [3.8, 4) is 0 Å². The monoisotopic (exact) mass is 290 g/mol. The van der Waals surface area contributed by atoms with Crippen LogP contribution in [-0.4, -0.2) is 16.1 Å². The van der Waals surface area contributed by atoms with Crippen molar-refractivity contribution in [3.63, 3.8) is 0 Å². The molecule has 0 bridgehead atoms. The highest BCUT2D eigenvalue weighted by atomic mass is 19.1. The summed E-state index contributed by atoms with van der Waals surface area (Å²) in [6.45, 7) is 3.73. The number of nitrogens with two attached hydrogens (primary N) is 1. The van der Waals surface area contributed by atoms with Crippen LogP contribution < -0.4 is 11.1 Å². The molecule has 6 heteroatoms. The highest BCUT2D eigenvalue weighted by molar-refractivity contribution is 5.97. The van der Waals surface area contributed by atoms with Crippen LogP contribution in [-0.2, 0) is 6.42 Å². The maximum absolute atomic E-state index is 13.7. The Bertz CT molecular complexity index is 638. The van der Waals surface area contributed by atoms with Crippen molar-refractivity contribution >= 4 is 11.6 Å². The molecule has 0 spiro atoms. The van der Waals surface area contributed by atoms with Crippen LogP contribution in [0.25, 0.3) is 0 Å². The number of aromatic amines is 1. The number of hydrogen-bond donors (Lipinski definition) is 3. The van der Waals surface area contributed by atoms with Crippen LogP contribution in [0, 0.1) is 5.82 Å². The molecule has 0 fully saturated rings. The first kappa shape index (κ1) is 15.0. The summed E-state index contributed by atoms with van der Waals surface area (Å²) in [4.78, 5) is 12.2. The molecule has 1 amide bonds. The zero-order valence-corrected chi connectivity index (χ0v) is 12.1. The molecular weight excluding hydrogens is 271 g/mol. The number of benzene rings is 1. The van der Waals surface area contributed by atoms with E-state index in [0.717, 1.165) is 18.5 Å². The molecule has 5 nitrogen and oxygen atoms in total. The number of halogens is 1. The Kier molecular flexibility index (Phi) is 4.57. The lowest BCUT2D eigenvalue weighted by molar-refractivity contribution is 0.0935. The number of nitrogens with zero attached hydrogens (tertiary/aromatic N) is 1. The second kappa shape index (κ2) is 6.39. The molecule has 0 aliphatic rings. The number of rotatable bonds is 5. The molecule has 112 valence electrons. The molecule has 1 aromatic carbocycles. The van der Waals surface area contributed by atoms with Gasteiger partial charge in [-0.2, -0.15) is 5.10 Å². The number of carbonyl (C=O) groups excluding carboxylic acids is 1. The van der Waals surface area contributed by atoms with Gasteiger partial charge in [0.2, 0.25) is 0 Å². The fourth-order valence-electron chi connectivity index (χ4n) is 2.17. The fraction of sp³-hybridized carbons (Fsp3) is 0.333. The van der Waals surface area contributed by atoms with Crippen molar-refractivity contribution < 1.29 is 9.18 Å². The summed E-state index contributed by atoms with van der Waals surface area (Å²) in [7, 11) is 0. The topological polar surface area (TPSA) is 83.8 Å². The minimum atomic E-state index is -0.468. The van der Waals surface area contributed by atoms with Crippen LogP contribution >= 0.6 is 0 Å². The van der Waals surface area contributed by atoms with Gasteiger partial charge < -0.3 is 11.1 Å². The van der Waals surface area contributed by atoms with E-state index >= 15 is 0 Å². The summed E-state index contributed by atoms with van der Waals surface area (Å²) in [6.07, 6.45) is 1.63. The van der Waals surface area contributed by atoms with Gasteiger partial charge in [-0.25, -0.2) is 4.39 Å². The molecule has 2 rings (SSSR count). The maximum atomic E-state index is 13.7. The van der Waals surface area contributed by atoms with Crippen LogP contribution in [0.3, 0.4) is 0 Å². The molecule has 1 atom stereocenters. The van der Waals surface area contributed by atoms with E-state index in [1.54, 1.807) is 25.1 Å². The van der Waals surface area contributed by atoms with Crippen LogP contribution in [0.15, 0.2) is 24.3 Å². The van der Waals surface area contributed by atoms with Crippen molar-refractivity contribution in [2.75, 3.05) is 5.73 Å². The molecule has 0 aliphatic heterocycles. The largest absolute Gasteiger partial charge is 0.395 e. The van der Waals surface area contributed by atoms with E-state index in [-0.39, 0.29) is 11.5 Å². The van der Waals surface area contributed by atoms with E-state index in [0.29, 0.717) is 11.3 Å². The number of H-pyrrole nitrogens is 1. The van der Waals surface area contributed by atoms with Gasteiger partial charge in [0.25, 0.3) is 5.91 Å². The third kappa shape index (κ3) is 3.21. The number of nitrogens with one attached hydrogen (secondary N) is 2. The molecule has 2 aromatic rings. The average molecular weight is 290 g/mol. The number of hydrogen-bond acceptors (Lipinski definition) is 3. The lowest BCUT2D eigenvalue weighted by Gasteiger charge is -2.14. The molecule has 21 heavy (non-hydrogen) atoms. The summed E-state index contributed by atoms with van der Waals surface area (Å²) in [6, 6.07) is 5.86. The fourth-order valence-corrected chi connectivity index (χ4v) is 2.17. The number of carbonyl (C=O) groups is 1. The van der Waals surface area contributed by atoms with Gasteiger partial charge in [-0.3, -0.25) is 9.89 Å². The van der Waals surface area contributed by atoms with Gasteiger partial charge in [0, 0.05) is 5.56 Å². The number of aryl methyl sites for hydroxylation is 1. The Morgan fingerprint density at radius 2 is 2.19 bits per heavy atom. The second-order valence-electron chi connectivity index (χ2n) is 4.93. The predicted octanol–water partition coefficient (Wildman–Crippen LogP) is 2.57. The summed E-state index contributed by atoms with van der Waals surface area (Å²) in [5.41, 5.74) is 7.59. The number of anilines is 1. The van der Waals surface area contributed by atoms with E-state index in [2.05, 4.69) is 15.5 Å². The molecule has 4 N–H and O–H groups in total. The van der Waals surface area contributed by atoms with Crippen molar-refractivity contribution in [1.82, 2.24) is 15.5 Å². The molecule has 1 heterocycles. The Balaban J connectivity index is 2.13. The van der Waals surface area contributed by atoms with Gasteiger partial charge in [0.05, 0.1) is 17.4 Å². The Morgan fingerprint density at radius 3 is 2.86 bits per heavy atom. The molecule has 0 saturated carbocycles. The minimum Gasteiger partial charge on any atom is -0.395 e. The Labute approximate surface area is 122 Å². The molecule has 0 radical (unpaired) electrons. The third-order valence-electron chi connectivity index (χ3n) is 3.32. The summed E-state index contributed by atoms with van der Waals surface area (Å²) in [5, 5.41) is 9.43. The summed E-state index contributed by atoms with van der Waals surface area (Å²) >= 11 is 0. The molecule has 0 aliphatic carbocycles. The quantitative estimate of drug-likeness (QED) is 0.791. The normalized spacial score (nSPS) is 12.1. The zero-order valence-electron chi connectivity index (χ0n) is 12.1. The van der Waals surface area contributed by atoms with Crippen LogP contribution in [0.2, 0.25) is 0 Å². The van der Waals surface area contributed by atoms with Crippen molar-refractivity contribution in [2.24, 2.45) is 0 Å². The van der Waals surface area contributed by atoms with E-state index in [1.807, 2.05) is 6.92 Å². The zero-order chi connectivity index (χ0) is 15.4. The highest BCUT2D eigenvalue weighted by Crippen LogP contribution is 2.19. The van der Waals surface area contributed by atoms with Gasteiger partial charge in [-0.1, -0.05) is 31.5 Å². The first-order chi connectivity index (χ1) is 10.0. The van der Waals surface area contributed by atoms with E-state index in [4.69, 9.17) is 5.73 Å². The number of nitrogen functional groups attached to an aromatic ring is 1. The lowest BCUT2D eigenvalue weighted by Crippen LogP contribution is -2.28. The smallest absolute Gasteiger partial charge is 0.274 e. The molecule has 1 aromatic heterocycles. The van der Waals surface area contributed by atoms with Gasteiger partial charge in [0.15, 0.2) is 5.69 Å².